The molecule has 2 heterocycles. The normalized spacial score (nSPS) is 12.7. The molecule has 9 heteroatoms. The fourth-order valence-corrected chi connectivity index (χ4v) is 5.01. The molecular formula is C30H40N6O3. The van der Waals surface area contributed by atoms with Gasteiger partial charge in [-0.25, -0.2) is 4.68 Å². The van der Waals surface area contributed by atoms with Crippen molar-refractivity contribution in [2.24, 2.45) is 0 Å². The summed E-state index contributed by atoms with van der Waals surface area (Å²) in [5.74, 6) is 2.21. The quantitative estimate of drug-likeness (QED) is 0.268. The Kier molecular flexibility index (Phi) is 8.70. The molecule has 9 nitrogen and oxygen atoms in total. The highest BCUT2D eigenvalue weighted by Crippen LogP contribution is 2.31. The van der Waals surface area contributed by atoms with E-state index in [0.29, 0.717) is 30.2 Å². The molecule has 4 aromatic rings. The molecule has 2 aromatic carbocycles. The number of para-hydroxylation sites is 1. The lowest BCUT2D eigenvalue weighted by Gasteiger charge is -2.33. The van der Waals surface area contributed by atoms with Gasteiger partial charge in [0.25, 0.3) is 5.56 Å². The number of aromatic amines is 1. The number of fused-ring (bicyclic) bond motifs is 1. The zero-order valence-corrected chi connectivity index (χ0v) is 24.1. The molecule has 0 saturated heterocycles. The zero-order valence-electron chi connectivity index (χ0n) is 24.1. The first-order chi connectivity index (χ1) is 18.7. The lowest BCUT2D eigenvalue weighted by atomic mass is 10.0. The summed E-state index contributed by atoms with van der Waals surface area (Å²) in [6, 6.07) is 14.0. The lowest BCUT2D eigenvalue weighted by molar-refractivity contribution is 0.160. The van der Waals surface area contributed by atoms with Crippen molar-refractivity contribution in [3.63, 3.8) is 0 Å². The molecule has 0 aliphatic carbocycles. The number of hydrogen-bond donors (Lipinski definition) is 1. The van der Waals surface area contributed by atoms with Crippen LogP contribution in [0.1, 0.15) is 69.1 Å². The van der Waals surface area contributed by atoms with E-state index >= 15 is 0 Å². The van der Waals surface area contributed by atoms with E-state index in [1.54, 1.807) is 14.2 Å². The highest BCUT2D eigenvalue weighted by atomic mass is 16.5. The molecule has 0 spiro atoms. The summed E-state index contributed by atoms with van der Waals surface area (Å²) < 4.78 is 12.9. The molecule has 0 fully saturated rings. The molecule has 2 aromatic heterocycles. The monoisotopic (exact) mass is 532 g/mol. The molecule has 0 radical (unpaired) electrons. The molecular weight excluding hydrogens is 492 g/mol. The third kappa shape index (κ3) is 5.98. The summed E-state index contributed by atoms with van der Waals surface area (Å²) in [6.07, 6.45) is 2.42. The number of ether oxygens (including phenoxy) is 2. The van der Waals surface area contributed by atoms with Gasteiger partial charge < -0.3 is 14.5 Å². The second kappa shape index (κ2) is 12.0. The van der Waals surface area contributed by atoms with Crippen LogP contribution in [0.5, 0.6) is 11.5 Å². The van der Waals surface area contributed by atoms with Crippen molar-refractivity contribution in [3.8, 4) is 11.5 Å². The Morgan fingerprint density at radius 2 is 1.85 bits per heavy atom. The van der Waals surface area contributed by atoms with Gasteiger partial charge in [0, 0.05) is 18.7 Å². The standard InChI is InChI=1S/C30H40N6O3/c1-8-24(28-32-33-34-36(28)30(4,5)9-2)35(16-15-21-13-14-25(38-6)26(17-21)39-7)19-23-18-22-12-10-11-20(3)27(22)31-29(23)37/h10-14,17-18,24H,8-9,15-16,19H2,1-7H3,(H,31,37). The smallest absolute Gasteiger partial charge is 0.252 e. The van der Waals surface area contributed by atoms with Gasteiger partial charge in [-0.3, -0.25) is 9.69 Å². The number of nitrogens with zero attached hydrogens (tertiary/aromatic N) is 5. The molecule has 1 atom stereocenters. The SMILES string of the molecule is CCC(c1nnnn1C(C)(C)CC)N(CCc1ccc(OC)c(OC)c1)Cc1cc2cccc(C)c2[nH]c1=O. The first-order valence-electron chi connectivity index (χ1n) is 13.6. The van der Waals surface area contributed by atoms with Gasteiger partial charge in [-0.15, -0.1) is 5.10 Å². The fraction of sp³-hybridized carbons (Fsp3) is 0.467. The summed E-state index contributed by atoms with van der Waals surface area (Å²) in [5.41, 5.74) is 3.45. The van der Waals surface area contributed by atoms with Crippen molar-refractivity contribution in [1.82, 2.24) is 30.1 Å². The Labute approximate surface area is 230 Å². The maximum absolute atomic E-state index is 13.3. The lowest BCUT2D eigenvalue weighted by Crippen LogP contribution is -2.37. The van der Waals surface area contributed by atoms with Crippen molar-refractivity contribution in [1.29, 1.82) is 0 Å². The maximum atomic E-state index is 13.3. The van der Waals surface area contributed by atoms with Gasteiger partial charge in [0.15, 0.2) is 17.3 Å². The topological polar surface area (TPSA) is 98.2 Å². The van der Waals surface area contributed by atoms with E-state index in [-0.39, 0.29) is 17.1 Å². The van der Waals surface area contributed by atoms with Crippen LogP contribution in [0.4, 0.5) is 0 Å². The number of nitrogens with one attached hydrogen (secondary N) is 1. The average molecular weight is 533 g/mol. The first kappa shape index (κ1) is 28.3. The number of benzene rings is 2. The Morgan fingerprint density at radius 3 is 2.54 bits per heavy atom. The van der Waals surface area contributed by atoms with Crippen LogP contribution in [0.3, 0.4) is 0 Å². The second-order valence-electron chi connectivity index (χ2n) is 10.6. The van der Waals surface area contributed by atoms with Crippen LogP contribution in [0, 0.1) is 6.92 Å². The summed E-state index contributed by atoms with van der Waals surface area (Å²) in [4.78, 5) is 18.7. The van der Waals surface area contributed by atoms with Crippen LogP contribution in [0.15, 0.2) is 47.3 Å². The number of tetrazole rings is 1. The van der Waals surface area contributed by atoms with Crippen molar-refractivity contribution in [2.75, 3.05) is 20.8 Å². The van der Waals surface area contributed by atoms with Crippen LogP contribution in [0.25, 0.3) is 10.9 Å². The van der Waals surface area contributed by atoms with E-state index in [0.717, 1.165) is 47.1 Å². The third-order valence-corrected chi connectivity index (χ3v) is 7.73. The van der Waals surface area contributed by atoms with E-state index in [1.807, 2.05) is 48.0 Å². The molecule has 0 amide bonds. The van der Waals surface area contributed by atoms with Gasteiger partial charge in [-0.05, 0) is 85.2 Å². The average Bonchev–Trinajstić information content (AvgIpc) is 3.43. The Bertz CT molecular complexity index is 1480. The van der Waals surface area contributed by atoms with E-state index in [9.17, 15) is 4.79 Å². The second-order valence-corrected chi connectivity index (χ2v) is 10.6. The highest BCUT2D eigenvalue weighted by Gasteiger charge is 2.31. The van der Waals surface area contributed by atoms with Gasteiger partial charge in [0.05, 0.1) is 31.3 Å². The van der Waals surface area contributed by atoms with E-state index in [4.69, 9.17) is 9.47 Å². The fourth-order valence-electron chi connectivity index (χ4n) is 5.01. The zero-order chi connectivity index (χ0) is 28.2. The molecule has 0 aliphatic heterocycles. The molecule has 0 saturated carbocycles. The minimum absolute atomic E-state index is 0.0729. The van der Waals surface area contributed by atoms with Crippen LogP contribution >= 0.6 is 0 Å². The molecule has 0 bridgehead atoms. The summed E-state index contributed by atoms with van der Waals surface area (Å²) in [7, 11) is 3.28. The van der Waals surface area contributed by atoms with Crippen molar-refractivity contribution < 1.29 is 9.47 Å². The van der Waals surface area contributed by atoms with E-state index < -0.39 is 0 Å². The first-order valence-corrected chi connectivity index (χ1v) is 13.6. The number of hydrogen-bond acceptors (Lipinski definition) is 7. The van der Waals surface area contributed by atoms with Crippen molar-refractivity contribution >= 4 is 10.9 Å². The Morgan fingerprint density at radius 1 is 1.08 bits per heavy atom. The van der Waals surface area contributed by atoms with Crippen molar-refractivity contribution in [2.45, 2.75) is 72.0 Å². The van der Waals surface area contributed by atoms with Gasteiger partial charge in [-0.1, -0.05) is 38.1 Å². The largest absolute Gasteiger partial charge is 0.493 e. The van der Waals surface area contributed by atoms with Crippen LogP contribution in [0.2, 0.25) is 0 Å². The minimum atomic E-state index is -0.237. The van der Waals surface area contributed by atoms with E-state index in [2.05, 4.69) is 59.2 Å². The summed E-state index contributed by atoms with van der Waals surface area (Å²) >= 11 is 0. The maximum Gasteiger partial charge on any atom is 0.252 e. The summed E-state index contributed by atoms with van der Waals surface area (Å²) in [6.45, 7) is 11.7. The van der Waals surface area contributed by atoms with Crippen LogP contribution in [-0.2, 0) is 18.5 Å². The minimum Gasteiger partial charge on any atom is -0.493 e. The number of aromatic nitrogens is 5. The van der Waals surface area contributed by atoms with Crippen LogP contribution in [-0.4, -0.2) is 50.9 Å². The predicted octanol–water partition coefficient (Wildman–Crippen LogP) is 5.18. The van der Waals surface area contributed by atoms with Gasteiger partial charge in [0.2, 0.25) is 0 Å². The Balaban J connectivity index is 1.73. The molecule has 4 rings (SSSR count). The third-order valence-electron chi connectivity index (χ3n) is 7.73. The van der Waals surface area contributed by atoms with Crippen molar-refractivity contribution in [3.05, 3.63) is 75.3 Å². The van der Waals surface area contributed by atoms with Gasteiger partial charge in [0.1, 0.15) is 0 Å². The molecule has 39 heavy (non-hydrogen) atoms. The number of pyridine rings is 1. The summed E-state index contributed by atoms with van der Waals surface area (Å²) in [5, 5.41) is 14.0. The number of rotatable bonds is 12. The molecule has 1 unspecified atom stereocenters. The number of methoxy groups -OCH3 is 2. The highest BCUT2D eigenvalue weighted by molar-refractivity contribution is 5.81. The molecule has 0 aliphatic rings. The number of aryl methyl sites for hydroxylation is 1. The van der Waals surface area contributed by atoms with Gasteiger partial charge in [-0.2, -0.15) is 0 Å². The number of H-pyrrole nitrogens is 1. The Hall–Kier alpha value is -3.72. The predicted molar refractivity (Wildman–Crippen MR) is 153 cm³/mol. The molecule has 1 N–H and O–H groups in total. The molecule has 208 valence electrons. The van der Waals surface area contributed by atoms with Crippen LogP contribution < -0.4 is 15.0 Å². The van der Waals surface area contributed by atoms with Gasteiger partial charge >= 0.3 is 0 Å². The van der Waals surface area contributed by atoms with E-state index in [1.165, 1.54) is 0 Å².